The molecule has 13 heteroatoms. The molecule has 2 amide bonds. The highest BCUT2D eigenvalue weighted by molar-refractivity contribution is 7.85. The Kier molecular flexibility index (Phi) is 7.51. The van der Waals surface area contributed by atoms with E-state index in [0.717, 1.165) is 17.2 Å². The molecule has 3 aromatic rings. The third-order valence-electron chi connectivity index (χ3n) is 6.29. The molecule has 1 saturated heterocycles. The number of hydrogen-bond acceptors (Lipinski definition) is 6. The summed E-state index contributed by atoms with van der Waals surface area (Å²) in [6.07, 6.45) is -3.61. The number of aromatic nitrogens is 1. The van der Waals surface area contributed by atoms with E-state index in [1.54, 1.807) is 29.4 Å². The molecule has 2 aliphatic heterocycles. The number of amides is 2. The fraction of sp³-hybridized carbons (Fsp3) is 0.269. The summed E-state index contributed by atoms with van der Waals surface area (Å²) in [5.74, 6) is -0.406. The molecule has 1 atom stereocenters. The number of hydrogen-bond donors (Lipinski definition) is 1. The first-order valence-corrected chi connectivity index (χ1v) is 13.4. The number of nitrogens with zero attached hydrogens (tertiary/aromatic N) is 4. The molecule has 39 heavy (non-hydrogen) atoms. The van der Waals surface area contributed by atoms with Crippen LogP contribution in [0.3, 0.4) is 0 Å². The predicted molar refractivity (Wildman–Crippen MR) is 138 cm³/mol. The van der Waals surface area contributed by atoms with Crippen LogP contribution in [0.5, 0.6) is 0 Å². The van der Waals surface area contributed by atoms with Crippen LogP contribution in [0.1, 0.15) is 11.1 Å². The van der Waals surface area contributed by atoms with Crippen LogP contribution in [0, 0.1) is 5.82 Å². The second kappa shape index (κ2) is 11.0. The quantitative estimate of drug-likeness (QED) is 0.471. The van der Waals surface area contributed by atoms with Crippen LogP contribution in [-0.2, 0) is 22.1 Å². The van der Waals surface area contributed by atoms with Crippen LogP contribution in [0.2, 0.25) is 0 Å². The first kappa shape index (κ1) is 26.6. The number of rotatable bonds is 5. The molecule has 1 fully saturated rings. The van der Waals surface area contributed by atoms with Crippen molar-refractivity contribution in [2.75, 3.05) is 29.5 Å². The van der Waals surface area contributed by atoms with Crippen LogP contribution < -0.4 is 10.3 Å². The minimum absolute atomic E-state index is 0.0210. The highest BCUT2D eigenvalue weighted by atomic mass is 32.2. The Hall–Kier alpha value is -4.00. The van der Waals surface area contributed by atoms with Crippen LogP contribution >= 0.6 is 0 Å². The topological polar surface area (TPSA) is 87.1 Å². The second-order valence-electron chi connectivity index (χ2n) is 8.88. The van der Waals surface area contributed by atoms with Gasteiger partial charge in [-0.2, -0.15) is 13.2 Å². The highest BCUT2D eigenvalue weighted by Gasteiger charge is 2.45. The number of urea groups is 1. The van der Waals surface area contributed by atoms with Gasteiger partial charge in [0.15, 0.2) is 0 Å². The van der Waals surface area contributed by atoms with E-state index >= 15 is 4.39 Å². The number of hydrazone groups is 1. The third kappa shape index (κ3) is 6.03. The molecule has 0 spiro atoms. The van der Waals surface area contributed by atoms with Crippen LogP contribution in [0.25, 0.3) is 11.1 Å². The third-order valence-corrected chi connectivity index (χ3v) is 7.57. The zero-order valence-electron chi connectivity index (χ0n) is 20.4. The van der Waals surface area contributed by atoms with Crippen LogP contribution in [0.4, 0.5) is 28.0 Å². The first-order chi connectivity index (χ1) is 18.7. The van der Waals surface area contributed by atoms with Crippen molar-refractivity contribution in [3.8, 4) is 11.1 Å². The van der Waals surface area contributed by atoms with Gasteiger partial charge in [-0.25, -0.2) is 9.18 Å². The monoisotopic (exact) mass is 561 g/mol. The van der Waals surface area contributed by atoms with Crippen molar-refractivity contribution in [3.05, 3.63) is 83.9 Å². The molecule has 8 nitrogen and oxygen atoms in total. The molecule has 0 saturated carbocycles. The maximum absolute atomic E-state index is 15.2. The average Bonchev–Trinajstić information content (AvgIpc) is 3.45. The summed E-state index contributed by atoms with van der Waals surface area (Å²) in [4.78, 5) is 20.7. The van der Waals surface area contributed by atoms with Gasteiger partial charge in [0.25, 0.3) is 6.23 Å². The lowest BCUT2D eigenvalue weighted by molar-refractivity contribution is -0.201. The summed E-state index contributed by atoms with van der Waals surface area (Å²) < 4.78 is 70.4. The number of nitrogens with one attached hydrogen (secondary N) is 1. The SMILES string of the molecule is O=C(N1CCS(=O)CC1)N(Cc1ccc(C2=NNC(C(F)(F)F)O2)cc1F)c1ccc(-c2cccnc2)cc1. The average molecular weight is 562 g/mol. The molecular weight excluding hydrogens is 538 g/mol. The largest absolute Gasteiger partial charge is 0.446 e. The van der Waals surface area contributed by atoms with E-state index in [2.05, 4.69) is 10.1 Å². The van der Waals surface area contributed by atoms with Crippen molar-refractivity contribution in [1.29, 1.82) is 0 Å². The van der Waals surface area contributed by atoms with Gasteiger partial charge in [0.1, 0.15) is 5.82 Å². The molecule has 1 unspecified atom stereocenters. The Morgan fingerprint density at radius 2 is 1.79 bits per heavy atom. The molecule has 2 aromatic carbocycles. The summed E-state index contributed by atoms with van der Waals surface area (Å²) in [5, 5.41) is 3.52. The van der Waals surface area contributed by atoms with E-state index in [9.17, 15) is 22.2 Å². The lowest BCUT2D eigenvalue weighted by Gasteiger charge is -2.33. The molecule has 1 aromatic heterocycles. The van der Waals surface area contributed by atoms with E-state index in [1.807, 2.05) is 29.7 Å². The van der Waals surface area contributed by atoms with Gasteiger partial charge in [0, 0.05) is 64.6 Å². The number of pyridine rings is 1. The number of carbonyl (C=O) groups is 1. The van der Waals surface area contributed by atoms with Gasteiger partial charge >= 0.3 is 12.2 Å². The fourth-order valence-electron chi connectivity index (χ4n) is 4.17. The Morgan fingerprint density at radius 1 is 1.08 bits per heavy atom. The van der Waals surface area contributed by atoms with Crippen molar-refractivity contribution in [2.45, 2.75) is 18.9 Å². The van der Waals surface area contributed by atoms with Gasteiger partial charge in [0.05, 0.1) is 6.54 Å². The molecule has 3 heterocycles. The van der Waals surface area contributed by atoms with Gasteiger partial charge in [-0.15, -0.1) is 5.10 Å². The molecule has 2 aliphatic rings. The highest BCUT2D eigenvalue weighted by Crippen LogP contribution is 2.28. The molecule has 5 rings (SSSR count). The maximum Gasteiger partial charge on any atom is 0.446 e. The van der Waals surface area contributed by atoms with E-state index in [4.69, 9.17) is 4.74 Å². The number of alkyl halides is 3. The van der Waals surface area contributed by atoms with Crippen LogP contribution in [-0.4, -0.2) is 63.0 Å². The maximum atomic E-state index is 15.2. The van der Waals surface area contributed by atoms with E-state index < -0.39 is 29.0 Å². The van der Waals surface area contributed by atoms with E-state index in [-0.39, 0.29) is 29.6 Å². The summed E-state index contributed by atoms with van der Waals surface area (Å²) in [6.45, 7) is 0.469. The normalized spacial score (nSPS) is 17.8. The lowest BCUT2D eigenvalue weighted by Crippen LogP contribution is -2.48. The van der Waals surface area contributed by atoms with Crippen molar-refractivity contribution < 1.29 is 31.3 Å². The van der Waals surface area contributed by atoms with Gasteiger partial charge in [-0.05, 0) is 41.5 Å². The van der Waals surface area contributed by atoms with Crippen molar-refractivity contribution in [3.63, 3.8) is 0 Å². The molecular formula is C26H23F4N5O3S. The molecule has 0 bridgehead atoms. The fourth-order valence-corrected chi connectivity index (χ4v) is 5.22. The van der Waals surface area contributed by atoms with Crippen molar-refractivity contribution in [1.82, 2.24) is 15.3 Å². The molecule has 204 valence electrons. The Bertz CT molecular complexity index is 1390. The van der Waals surface area contributed by atoms with Gasteiger partial charge < -0.3 is 9.64 Å². The minimum Gasteiger partial charge on any atom is -0.441 e. The standard InChI is InChI=1S/C26H23F4N5O3S/c27-22-14-18(23-32-33-24(38-23)26(28,29)30)3-4-20(22)16-35(25(36)34-10-12-39(37)13-11-34)21-7-5-17(6-8-21)19-2-1-9-31-15-19/h1-9,14-15,24,33H,10-13,16H2. The summed E-state index contributed by atoms with van der Waals surface area (Å²) in [5.41, 5.74) is 4.29. The molecule has 1 N–H and O–H groups in total. The molecule has 0 radical (unpaired) electrons. The number of halogens is 4. The minimum atomic E-state index is -4.68. The number of benzene rings is 2. The van der Waals surface area contributed by atoms with Crippen LogP contribution in [0.15, 0.2) is 72.1 Å². The van der Waals surface area contributed by atoms with Crippen molar-refractivity contribution >= 4 is 28.4 Å². The molecule has 0 aliphatic carbocycles. The number of anilines is 1. The second-order valence-corrected chi connectivity index (χ2v) is 10.6. The van der Waals surface area contributed by atoms with E-state index in [1.165, 1.54) is 17.0 Å². The Balaban J connectivity index is 1.40. The van der Waals surface area contributed by atoms with Gasteiger partial charge in [0.2, 0.25) is 5.90 Å². The zero-order valence-corrected chi connectivity index (χ0v) is 21.2. The smallest absolute Gasteiger partial charge is 0.441 e. The number of carbonyl (C=O) groups excluding carboxylic acids is 1. The predicted octanol–water partition coefficient (Wildman–Crippen LogP) is 4.25. The lowest BCUT2D eigenvalue weighted by atomic mass is 10.1. The number of ether oxygens (including phenoxy) is 1. The van der Waals surface area contributed by atoms with Crippen molar-refractivity contribution in [2.24, 2.45) is 5.10 Å². The summed E-state index contributed by atoms with van der Waals surface area (Å²) >= 11 is 0. The summed E-state index contributed by atoms with van der Waals surface area (Å²) in [6, 6.07) is 14.3. The summed E-state index contributed by atoms with van der Waals surface area (Å²) in [7, 11) is -0.990. The zero-order chi connectivity index (χ0) is 27.6. The van der Waals surface area contributed by atoms with Gasteiger partial charge in [-0.1, -0.05) is 24.3 Å². The van der Waals surface area contributed by atoms with E-state index in [0.29, 0.717) is 30.3 Å². The Morgan fingerprint density at radius 3 is 2.41 bits per heavy atom. The first-order valence-electron chi connectivity index (χ1n) is 12.0. The van der Waals surface area contributed by atoms with Gasteiger partial charge in [-0.3, -0.25) is 19.5 Å². The Labute approximate surface area is 223 Å².